The molecule has 0 fully saturated rings. The van der Waals surface area contributed by atoms with E-state index in [1.165, 1.54) is 23.4 Å². The van der Waals surface area contributed by atoms with Gasteiger partial charge in [0.15, 0.2) is 5.16 Å². The van der Waals surface area contributed by atoms with Crippen molar-refractivity contribution in [1.82, 2.24) is 9.97 Å². The predicted molar refractivity (Wildman–Crippen MR) is 126 cm³/mol. The maximum Gasteiger partial charge on any atom is 0.251 e. The number of aryl methyl sites for hydroxylation is 1. The number of hydrogen-bond donors (Lipinski definition) is 1. The van der Waals surface area contributed by atoms with Crippen LogP contribution in [0.5, 0.6) is 0 Å². The molecular weight excluding hydrogens is 406 g/mol. The standard InChI is InChI=1S/C25H27N3O2S/c1-17-14-21(29)27-23(26-17)31-15-22(30)28-20-13-9-8-12-19(20)25(4,16-24(28,2)3)18-10-6-5-7-11-18/h5-14H,15-16H2,1-4H3,(H,26,27,29). The van der Waals surface area contributed by atoms with Gasteiger partial charge in [-0.3, -0.25) is 9.59 Å². The van der Waals surface area contributed by atoms with E-state index in [1.54, 1.807) is 6.92 Å². The lowest BCUT2D eigenvalue weighted by molar-refractivity contribution is -0.117. The monoisotopic (exact) mass is 433 g/mol. The summed E-state index contributed by atoms with van der Waals surface area (Å²) >= 11 is 1.26. The Morgan fingerprint density at radius 2 is 1.77 bits per heavy atom. The number of nitrogens with zero attached hydrogens (tertiary/aromatic N) is 2. The lowest BCUT2D eigenvalue weighted by Crippen LogP contribution is -2.56. The summed E-state index contributed by atoms with van der Waals surface area (Å²) in [4.78, 5) is 34.1. The van der Waals surface area contributed by atoms with Crippen LogP contribution >= 0.6 is 11.8 Å². The Balaban J connectivity index is 1.69. The number of fused-ring (bicyclic) bond motifs is 1. The number of aromatic amines is 1. The van der Waals surface area contributed by atoms with E-state index in [-0.39, 0.29) is 28.2 Å². The van der Waals surface area contributed by atoms with Crippen molar-refractivity contribution in [2.45, 2.75) is 50.2 Å². The van der Waals surface area contributed by atoms with Crippen LogP contribution in [0.1, 0.15) is 44.0 Å². The fraction of sp³-hybridized carbons (Fsp3) is 0.320. The molecule has 2 heterocycles. The average molecular weight is 434 g/mol. The molecule has 1 atom stereocenters. The molecule has 5 nitrogen and oxygen atoms in total. The van der Waals surface area contributed by atoms with Gasteiger partial charge >= 0.3 is 0 Å². The molecule has 0 saturated carbocycles. The molecule has 3 aromatic rings. The van der Waals surface area contributed by atoms with E-state index in [1.807, 2.05) is 29.2 Å². The number of anilines is 1. The summed E-state index contributed by atoms with van der Waals surface area (Å²) in [5.41, 5.74) is 3.20. The maximum absolute atomic E-state index is 13.5. The summed E-state index contributed by atoms with van der Waals surface area (Å²) in [5.74, 6) is 0.202. The SMILES string of the molecule is Cc1cc(=O)[nH]c(SCC(=O)N2c3ccccc3C(C)(c3ccccc3)CC2(C)C)n1. The normalized spacial score (nSPS) is 19.7. The molecule has 0 radical (unpaired) electrons. The van der Waals surface area contributed by atoms with E-state index in [2.05, 4.69) is 61.1 Å². The number of aromatic nitrogens is 2. The number of para-hydroxylation sites is 1. The molecule has 1 aromatic heterocycles. The van der Waals surface area contributed by atoms with Gasteiger partial charge in [-0.15, -0.1) is 0 Å². The fourth-order valence-electron chi connectivity index (χ4n) is 4.85. The van der Waals surface area contributed by atoms with Crippen molar-refractivity contribution in [2.24, 2.45) is 0 Å². The summed E-state index contributed by atoms with van der Waals surface area (Å²) < 4.78 is 0. The summed E-state index contributed by atoms with van der Waals surface area (Å²) in [7, 11) is 0. The van der Waals surface area contributed by atoms with Crippen molar-refractivity contribution < 1.29 is 4.79 Å². The van der Waals surface area contributed by atoms with Crippen LogP contribution in [0.4, 0.5) is 5.69 Å². The van der Waals surface area contributed by atoms with E-state index in [0.29, 0.717) is 10.9 Å². The number of carbonyl (C=O) groups excluding carboxylic acids is 1. The zero-order valence-corrected chi connectivity index (χ0v) is 19.1. The van der Waals surface area contributed by atoms with E-state index < -0.39 is 0 Å². The number of rotatable bonds is 4. The van der Waals surface area contributed by atoms with Crippen LogP contribution in [-0.4, -0.2) is 27.2 Å². The fourth-order valence-corrected chi connectivity index (χ4v) is 5.62. The highest BCUT2D eigenvalue weighted by atomic mass is 32.2. The minimum atomic E-state index is -0.385. The third kappa shape index (κ3) is 4.04. The molecule has 31 heavy (non-hydrogen) atoms. The molecule has 1 amide bonds. The lowest BCUT2D eigenvalue weighted by atomic mass is 9.65. The lowest BCUT2D eigenvalue weighted by Gasteiger charge is -2.51. The van der Waals surface area contributed by atoms with Gasteiger partial charge in [0.1, 0.15) is 0 Å². The van der Waals surface area contributed by atoms with Crippen molar-refractivity contribution in [3.63, 3.8) is 0 Å². The smallest absolute Gasteiger partial charge is 0.251 e. The predicted octanol–water partition coefficient (Wildman–Crippen LogP) is 4.69. The molecule has 0 spiro atoms. The Labute approximate surface area is 186 Å². The number of H-pyrrole nitrogens is 1. The van der Waals surface area contributed by atoms with Crippen molar-refractivity contribution in [1.29, 1.82) is 0 Å². The van der Waals surface area contributed by atoms with Gasteiger partial charge in [0.05, 0.1) is 5.75 Å². The first kappa shape index (κ1) is 21.4. The van der Waals surface area contributed by atoms with Crippen molar-refractivity contribution in [2.75, 3.05) is 10.7 Å². The van der Waals surface area contributed by atoms with Gasteiger partial charge in [-0.05, 0) is 44.4 Å². The molecule has 1 N–H and O–H groups in total. The number of hydrogen-bond acceptors (Lipinski definition) is 4. The van der Waals surface area contributed by atoms with Crippen LogP contribution in [0.3, 0.4) is 0 Å². The highest BCUT2D eigenvalue weighted by Gasteiger charge is 2.47. The quantitative estimate of drug-likeness (QED) is 0.479. The minimum absolute atomic E-state index is 0.00159. The number of thioether (sulfide) groups is 1. The first-order valence-electron chi connectivity index (χ1n) is 10.4. The highest BCUT2D eigenvalue weighted by Crippen LogP contribution is 2.50. The summed E-state index contributed by atoms with van der Waals surface area (Å²) in [5, 5.41) is 0.468. The third-order valence-corrected chi connectivity index (χ3v) is 6.83. The van der Waals surface area contributed by atoms with Crippen LogP contribution in [0, 0.1) is 6.92 Å². The zero-order chi connectivity index (χ0) is 22.2. The summed E-state index contributed by atoms with van der Waals surface area (Å²) in [6.45, 7) is 8.29. The maximum atomic E-state index is 13.5. The summed E-state index contributed by atoms with van der Waals surface area (Å²) in [6, 6.07) is 20.1. The van der Waals surface area contributed by atoms with E-state index in [0.717, 1.165) is 17.7 Å². The van der Waals surface area contributed by atoms with Gasteiger partial charge < -0.3 is 9.88 Å². The Hall–Kier alpha value is -2.86. The molecule has 160 valence electrons. The second kappa shape index (κ2) is 8.00. The first-order valence-corrected chi connectivity index (χ1v) is 11.4. The van der Waals surface area contributed by atoms with Crippen LogP contribution in [0.25, 0.3) is 0 Å². The number of nitrogens with one attached hydrogen (secondary N) is 1. The molecule has 6 heteroatoms. The Kier molecular flexibility index (Phi) is 5.52. The number of amides is 1. The Morgan fingerprint density at radius 1 is 1.10 bits per heavy atom. The van der Waals surface area contributed by atoms with Crippen LogP contribution in [0.2, 0.25) is 0 Å². The molecule has 1 unspecified atom stereocenters. The molecule has 0 saturated heterocycles. The highest BCUT2D eigenvalue weighted by molar-refractivity contribution is 7.99. The molecule has 1 aliphatic rings. The zero-order valence-electron chi connectivity index (χ0n) is 18.3. The van der Waals surface area contributed by atoms with Gasteiger partial charge in [0, 0.05) is 28.4 Å². The van der Waals surface area contributed by atoms with Gasteiger partial charge in [0.2, 0.25) is 5.91 Å². The topological polar surface area (TPSA) is 66.1 Å². The van der Waals surface area contributed by atoms with E-state index >= 15 is 0 Å². The second-order valence-electron chi connectivity index (χ2n) is 8.91. The Bertz CT molecular complexity index is 1170. The minimum Gasteiger partial charge on any atom is -0.306 e. The molecule has 4 rings (SSSR count). The number of carbonyl (C=O) groups is 1. The van der Waals surface area contributed by atoms with Crippen LogP contribution in [0.15, 0.2) is 70.6 Å². The van der Waals surface area contributed by atoms with Crippen LogP contribution in [-0.2, 0) is 10.2 Å². The second-order valence-corrected chi connectivity index (χ2v) is 9.88. The van der Waals surface area contributed by atoms with E-state index in [9.17, 15) is 9.59 Å². The molecule has 0 aliphatic carbocycles. The third-order valence-electron chi connectivity index (χ3n) is 5.97. The van der Waals surface area contributed by atoms with Crippen molar-refractivity contribution in [3.8, 4) is 0 Å². The van der Waals surface area contributed by atoms with E-state index in [4.69, 9.17) is 0 Å². The largest absolute Gasteiger partial charge is 0.306 e. The van der Waals surface area contributed by atoms with Crippen molar-refractivity contribution >= 4 is 23.4 Å². The molecule has 0 bridgehead atoms. The molecule has 2 aromatic carbocycles. The Morgan fingerprint density at radius 3 is 2.48 bits per heavy atom. The van der Waals surface area contributed by atoms with Crippen LogP contribution < -0.4 is 10.5 Å². The molecular formula is C25H27N3O2S. The number of benzene rings is 2. The summed E-state index contributed by atoms with van der Waals surface area (Å²) in [6.07, 6.45) is 0.803. The van der Waals surface area contributed by atoms with Gasteiger partial charge in [0.25, 0.3) is 5.56 Å². The van der Waals surface area contributed by atoms with Crippen molar-refractivity contribution in [3.05, 3.63) is 87.8 Å². The first-order chi connectivity index (χ1) is 14.7. The molecule has 1 aliphatic heterocycles. The average Bonchev–Trinajstić information content (AvgIpc) is 2.71. The van der Waals surface area contributed by atoms with Gasteiger partial charge in [-0.25, -0.2) is 4.98 Å². The van der Waals surface area contributed by atoms with Gasteiger partial charge in [-0.1, -0.05) is 67.2 Å². The van der Waals surface area contributed by atoms with Gasteiger partial charge in [-0.2, -0.15) is 0 Å².